The Kier molecular flexibility index (Phi) is 6.82. The first-order valence-electron chi connectivity index (χ1n) is 5.73. The van der Waals surface area contributed by atoms with E-state index in [2.05, 4.69) is 0 Å². The molecule has 4 nitrogen and oxygen atoms in total. The second-order valence-corrected chi connectivity index (χ2v) is 6.30. The lowest BCUT2D eigenvalue weighted by molar-refractivity contribution is 0.216. The Morgan fingerprint density at radius 1 is 1.29 bits per heavy atom. The average molecular weight is 278 g/mol. The second-order valence-electron chi connectivity index (χ2n) is 3.33. The molecule has 0 atom stereocenters. The molecule has 0 fully saturated rings. The number of hydrogen-bond donors (Lipinski definition) is 0. The normalized spacial score (nSPS) is 11.6. The van der Waals surface area contributed by atoms with Crippen LogP contribution in [0, 0.1) is 0 Å². The third kappa shape index (κ3) is 5.68. The zero-order chi connectivity index (χ0) is 12.6. The lowest BCUT2D eigenvalue weighted by atomic mass is 10.5. The summed E-state index contributed by atoms with van der Waals surface area (Å²) in [6.45, 7) is 4.97. The molecule has 0 bridgehead atoms. The van der Waals surface area contributed by atoms with Gasteiger partial charge in [0.1, 0.15) is 5.75 Å². The molecule has 98 valence electrons. The topological polar surface area (TPSA) is 44.8 Å². The van der Waals surface area contributed by atoms with E-state index < -0.39 is 7.60 Å². The van der Waals surface area contributed by atoms with E-state index in [1.807, 2.05) is 30.7 Å². The van der Waals surface area contributed by atoms with E-state index in [-0.39, 0.29) is 0 Å². The van der Waals surface area contributed by atoms with Crippen LogP contribution in [0.2, 0.25) is 0 Å². The van der Waals surface area contributed by atoms with Crippen LogP contribution in [0.15, 0.2) is 16.8 Å². The summed E-state index contributed by atoms with van der Waals surface area (Å²) in [7, 11) is -2.90. The smallest absolute Gasteiger partial charge is 0.330 e. The van der Waals surface area contributed by atoms with E-state index in [0.29, 0.717) is 32.4 Å². The van der Waals surface area contributed by atoms with Crippen LogP contribution < -0.4 is 4.74 Å². The molecule has 6 heteroatoms. The van der Waals surface area contributed by atoms with E-state index in [0.717, 1.165) is 5.75 Å². The van der Waals surface area contributed by atoms with Crippen molar-refractivity contribution in [2.45, 2.75) is 20.3 Å². The largest absolute Gasteiger partial charge is 0.493 e. The molecule has 0 aliphatic carbocycles. The summed E-state index contributed by atoms with van der Waals surface area (Å²) in [5.41, 5.74) is 0. The Morgan fingerprint density at radius 2 is 2.00 bits per heavy atom. The quantitative estimate of drug-likeness (QED) is 0.509. The molecule has 1 aromatic rings. The maximum absolute atomic E-state index is 12.1. The summed E-state index contributed by atoms with van der Waals surface area (Å²) < 4.78 is 27.9. The highest BCUT2D eigenvalue weighted by molar-refractivity contribution is 7.53. The zero-order valence-corrected chi connectivity index (χ0v) is 12.0. The minimum atomic E-state index is -2.90. The molecule has 1 heterocycles. The second kappa shape index (κ2) is 7.88. The van der Waals surface area contributed by atoms with Crippen LogP contribution in [-0.2, 0) is 13.6 Å². The predicted molar refractivity (Wildman–Crippen MR) is 70.2 cm³/mol. The van der Waals surface area contributed by atoms with Crippen LogP contribution >= 0.6 is 18.9 Å². The molecule has 0 saturated carbocycles. The lowest BCUT2D eigenvalue weighted by Gasteiger charge is -2.16. The number of rotatable bonds is 9. The standard InChI is InChI=1S/C11H19O4PS/c1-3-14-16(12,15-4-2)8-5-7-13-11-6-9-17-10-11/h6,9-10H,3-5,7-8H2,1-2H3. The summed E-state index contributed by atoms with van der Waals surface area (Å²) in [5.74, 6) is 0.859. The van der Waals surface area contributed by atoms with Crippen LogP contribution in [-0.4, -0.2) is 26.0 Å². The van der Waals surface area contributed by atoms with Gasteiger partial charge in [-0.15, -0.1) is 11.3 Å². The molecule has 0 aromatic carbocycles. The number of thiophene rings is 1. The fourth-order valence-electron chi connectivity index (χ4n) is 1.34. The first-order chi connectivity index (χ1) is 8.20. The van der Waals surface area contributed by atoms with Crippen molar-refractivity contribution in [3.05, 3.63) is 16.8 Å². The van der Waals surface area contributed by atoms with Gasteiger partial charge < -0.3 is 13.8 Å². The maximum atomic E-state index is 12.1. The number of ether oxygens (including phenoxy) is 1. The van der Waals surface area contributed by atoms with Gasteiger partial charge in [-0.05, 0) is 31.7 Å². The highest BCUT2D eigenvalue weighted by Crippen LogP contribution is 2.48. The van der Waals surface area contributed by atoms with Crippen molar-refractivity contribution >= 4 is 18.9 Å². The Bertz CT molecular complexity index is 329. The molecule has 0 aliphatic heterocycles. The Labute approximate surface area is 106 Å². The van der Waals surface area contributed by atoms with E-state index in [4.69, 9.17) is 13.8 Å². The molecule has 0 amide bonds. The fraction of sp³-hybridized carbons (Fsp3) is 0.636. The third-order valence-corrected chi connectivity index (χ3v) is 4.82. The van der Waals surface area contributed by atoms with Crippen molar-refractivity contribution in [2.75, 3.05) is 26.0 Å². The van der Waals surface area contributed by atoms with Crippen molar-refractivity contribution in [2.24, 2.45) is 0 Å². The highest BCUT2D eigenvalue weighted by Gasteiger charge is 2.22. The highest BCUT2D eigenvalue weighted by atomic mass is 32.1. The summed E-state index contributed by atoms with van der Waals surface area (Å²) in [5, 5.41) is 3.89. The maximum Gasteiger partial charge on any atom is 0.330 e. The number of hydrogen-bond acceptors (Lipinski definition) is 5. The van der Waals surface area contributed by atoms with Gasteiger partial charge in [0, 0.05) is 5.38 Å². The summed E-state index contributed by atoms with van der Waals surface area (Å²) >= 11 is 1.59. The molecule has 0 saturated heterocycles. The molecule has 0 aliphatic rings. The molecule has 17 heavy (non-hydrogen) atoms. The molecular weight excluding hydrogens is 259 g/mol. The minimum absolute atomic E-state index is 0.402. The SMILES string of the molecule is CCOP(=O)(CCCOc1ccsc1)OCC. The van der Waals surface area contributed by atoms with Gasteiger partial charge in [-0.25, -0.2) is 0 Å². The predicted octanol–water partition coefficient (Wildman–Crippen LogP) is 3.78. The Balaban J connectivity index is 2.25. The third-order valence-electron chi connectivity index (χ3n) is 1.99. The lowest BCUT2D eigenvalue weighted by Crippen LogP contribution is -2.04. The molecule has 0 spiro atoms. The first kappa shape index (κ1) is 14.7. The zero-order valence-electron chi connectivity index (χ0n) is 10.3. The molecule has 0 unspecified atom stereocenters. The molecular formula is C11H19O4PS. The van der Waals surface area contributed by atoms with E-state index in [1.54, 1.807) is 11.3 Å². The summed E-state index contributed by atoms with van der Waals surface area (Å²) in [4.78, 5) is 0. The molecule has 1 aromatic heterocycles. The van der Waals surface area contributed by atoms with E-state index in [1.165, 1.54) is 0 Å². The first-order valence-corrected chi connectivity index (χ1v) is 8.40. The summed E-state index contributed by atoms with van der Waals surface area (Å²) in [6, 6.07) is 1.91. The molecule has 0 radical (unpaired) electrons. The molecule has 0 N–H and O–H groups in total. The van der Waals surface area contributed by atoms with Crippen molar-refractivity contribution in [3.8, 4) is 5.75 Å². The van der Waals surface area contributed by atoms with Gasteiger partial charge in [0.25, 0.3) is 0 Å². The van der Waals surface area contributed by atoms with Crippen molar-refractivity contribution in [1.82, 2.24) is 0 Å². The van der Waals surface area contributed by atoms with E-state index in [9.17, 15) is 4.57 Å². The van der Waals surface area contributed by atoms with Gasteiger partial charge in [-0.1, -0.05) is 0 Å². The summed E-state index contributed by atoms with van der Waals surface area (Å²) in [6.07, 6.45) is 1.06. The van der Waals surface area contributed by atoms with Gasteiger partial charge in [0.15, 0.2) is 0 Å². The van der Waals surface area contributed by atoms with Gasteiger partial charge in [-0.2, -0.15) is 0 Å². The van der Waals surface area contributed by atoms with Crippen molar-refractivity contribution in [1.29, 1.82) is 0 Å². The van der Waals surface area contributed by atoms with Crippen LogP contribution in [0.1, 0.15) is 20.3 Å². The molecule has 1 rings (SSSR count). The Morgan fingerprint density at radius 3 is 2.53 bits per heavy atom. The van der Waals surface area contributed by atoms with Crippen LogP contribution in [0.5, 0.6) is 5.75 Å². The van der Waals surface area contributed by atoms with Gasteiger partial charge in [0.05, 0.1) is 26.0 Å². The van der Waals surface area contributed by atoms with Crippen molar-refractivity contribution < 1.29 is 18.3 Å². The van der Waals surface area contributed by atoms with Gasteiger partial charge in [-0.3, -0.25) is 4.57 Å². The van der Waals surface area contributed by atoms with Gasteiger partial charge >= 0.3 is 7.60 Å². The van der Waals surface area contributed by atoms with Crippen LogP contribution in [0.3, 0.4) is 0 Å². The monoisotopic (exact) mass is 278 g/mol. The van der Waals surface area contributed by atoms with Crippen molar-refractivity contribution in [3.63, 3.8) is 0 Å². The van der Waals surface area contributed by atoms with E-state index >= 15 is 0 Å². The van der Waals surface area contributed by atoms with Crippen LogP contribution in [0.4, 0.5) is 0 Å². The Hall–Kier alpha value is -0.350. The minimum Gasteiger partial charge on any atom is -0.493 e. The van der Waals surface area contributed by atoms with Crippen LogP contribution in [0.25, 0.3) is 0 Å². The van der Waals surface area contributed by atoms with Gasteiger partial charge in [0.2, 0.25) is 0 Å². The fourth-order valence-corrected chi connectivity index (χ4v) is 3.55. The average Bonchev–Trinajstić information content (AvgIpc) is 2.78.